The molecule has 3 rings (SSSR count). The van der Waals surface area contributed by atoms with Crippen LogP contribution in [0.3, 0.4) is 0 Å². The summed E-state index contributed by atoms with van der Waals surface area (Å²) < 4.78 is 56.1. The van der Waals surface area contributed by atoms with Crippen LogP contribution < -0.4 is 5.14 Å². The summed E-state index contributed by atoms with van der Waals surface area (Å²) in [5.74, 6) is -0.357. The summed E-state index contributed by atoms with van der Waals surface area (Å²) >= 11 is 11.7. The molecule has 0 spiro atoms. The number of Topliss-reactive ketones (excluding diaryl/α,β-unsaturated/α-hetero) is 1. The molecule has 0 bridgehead atoms. The number of hydrogen-bond acceptors (Lipinski definition) is 5. The summed E-state index contributed by atoms with van der Waals surface area (Å²) in [6.45, 7) is 6.95. The van der Waals surface area contributed by atoms with E-state index >= 15 is 0 Å². The van der Waals surface area contributed by atoms with Gasteiger partial charge in [0.25, 0.3) is 0 Å². The molecule has 0 aliphatic heterocycles. The first-order valence-corrected chi connectivity index (χ1v) is 15.2. The fraction of sp³-hybridized carbons (Fsp3) is 0.269. The zero-order valence-corrected chi connectivity index (χ0v) is 24.3. The Balaban J connectivity index is 0.000000278. The Morgan fingerprint density at radius 1 is 0.811 bits per heavy atom. The number of sulfonamides is 1. The fourth-order valence-corrected chi connectivity index (χ4v) is 4.53. The fourth-order valence-electron chi connectivity index (χ4n) is 2.81. The number of benzene rings is 3. The van der Waals surface area contributed by atoms with Gasteiger partial charge in [-0.2, -0.15) is 0 Å². The molecule has 0 aliphatic carbocycles. The maximum Gasteiger partial charge on any atom is 0.238 e. The number of carbonyl (C=O) groups excluding carboxylic acids is 1. The van der Waals surface area contributed by atoms with E-state index in [4.69, 9.17) is 28.3 Å². The van der Waals surface area contributed by atoms with Crippen LogP contribution in [0.5, 0.6) is 0 Å². The van der Waals surface area contributed by atoms with E-state index < -0.39 is 25.7 Å². The average Bonchev–Trinajstić information content (AvgIpc) is 2.74. The lowest BCUT2D eigenvalue weighted by Gasteiger charge is -2.02. The number of sulfone groups is 1. The zero-order chi connectivity index (χ0) is 28.6. The number of aryl methyl sites for hydroxylation is 3. The van der Waals surface area contributed by atoms with E-state index in [1.807, 2.05) is 38.1 Å². The molecule has 2 N–H and O–H groups in total. The second kappa shape index (κ2) is 14.0. The Labute approximate surface area is 228 Å². The van der Waals surface area contributed by atoms with Crippen molar-refractivity contribution in [2.45, 2.75) is 44.8 Å². The molecular formula is C26H30Cl2FNO5S2. The predicted molar refractivity (Wildman–Crippen MR) is 148 cm³/mol. The van der Waals surface area contributed by atoms with Gasteiger partial charge in [0.1, 0.15) is 11.6 Å². The van der Waals surface area contributed by atoms with Gasteiger partial charge < -0.3 is 0 Å². The minimum Gasteiger partial charge on any atom is -0.300 e. The maximum atomic E-state index is 12.8. The summed E-state index contributed by atoms with van der Waals surface area (Å²) in [6.07, 6.45) is 1.68. The number of carbonyl (C=O) groups is 1. The molecule has 0 unspecified atom stereocenters. The van der Waals surface area contributed by atoms with Gasteiger partial charge in [-0.05, 0) is 79.8 Å². The first kappa shape index (κ1) is 32.7. The van der Waals surface area contributed by atoms with Crippen LogP contribution in [-0.4, -0.2) is 28.9 Å². The van der Waals surface area contributed by atoms with E-state index in [-0.39, 0.29) is 16.4 Å². The topological polar surface area (TPSA) is 111 Å². The van der Waals surface area contributed by atoms with Crippen molar-refractivity contribution in [2.75, 3.05) is 6.26 Å². The normalized spacial score (nSPS) is 11.1. The maximum absolute atomic E-state index is 12.8. The molecule has 0 amide bonds. The van der Waals surface area contributed by atoms with Crippen LogP contribution in [0.1, 0.15) is 34.7 Å². The monoisotopic (exact) mass is 589 g/mol. The van der Waals surface area contributed by atoms with Gasteiger partial charge in [-0.15, -0.1) is 0 Å². The highest BCUT2D eigenvalue weighted by molar-refractivity contribution is 7.90. The van der Waals surface area contributed by atoms with E-state index in [2.05, 4.69) is 0 Å². The first-order chi connectivity index (χ1) is 16.9. The van der Waals surface area contributed by atoms with Gasteiger partial charge in [0.05, 0.1) is 10.6 Å². The molecule has 0 aliphatic rings. The average molecular weight is 591 g/mol. The van der Waals surface area contributed by atoms with Gasteiger partial charge >= 0.3 is 0 Å². The number of ketones is 1. The molecular weight excluding hydrogens is 560 g/mol. The summed E-state index contributed by atoms with van der Waals surface area (Å²) in [5, 5.41) is 6.12. The lowest BCUT2D eigenvalue weighted by molar-refractivity contribution is -0.116. The predicted octanol–water partition coefficient (Wildman–Crippen LogP) is 5.75. The minimum absolute atomic E-state index is 0.0486. The van der Waals surface area contributed by atoms with Crippen molar-refractivity contribution in [2.24, 2.45) is 5.14 Å². The molecule has 0 radical (unpaired) electrons. The van der Waals surface area contributed by atoms with Crippen LogP contribution in [0.2, 0.25) is 10.0 Å². The van der Waals surface area contributed by atoms with Crippen LogP contribution in [-0.2, 0) is 36.8 Å². The lowest BCUT2D eigenvalue weighted by atomic mass is 10.1. The summed E-state index contributed by atoms with van der Waals surface area (Å²) in [6, 6.07) is 14.6. The third-order valence-corrected chi connectivity index (χ3v) is 7.41. The van der Waals surface area contributed by atoms with Crippen LogP contribution in [0, 0.1) is 26.6 Å². The Hall–Kier alpha value is -2.30. The van der Waals surface area contributed by atoms with Crippen molar-refractivity contribution in [3.63, 3.8) is 0 Å². The van der Waals surface area contributed by atoms with E-state index in [9.17, 15) is 26.0 Å². The number of primary sulfonamides is 1. The largest absolute Gasteiger partial charge is 0.300 e. The number of nitrogens with two attached hydrogens (primary N) is 1. The Kier molecular flexibility index (Phi) is 12.4. The molecule has 11 heteroatoms. The Bertz CT molecular complexity index is 1470. The van der Waals surface area contributed by atoms with Crippen LogP contribution in [0.15, 0.2) is 59.5 Å². The van der Waals surface area contributed by atoms with Gasteiger partial charge in [-0.1, -0.05) is 53.5 Å². The van der Waals surface area contributed by atoms with Crippen LogP contribution in [0.25, 0.3) is 0 Å². The molecule has 0 fully saturated rings. The van der Waals surface area contributed by atoms with E-state index in [0.29, 0.717) is 17.0 Å². The molecule has 0 aromatic heterocycles. The molecule has 3 aromatic rings. The summed E-state index contributed by atoms with van der Waals surface area (Å²) in [5.41, 5.74) is 4.11. The molecule has 202 valence electrons. The quantitative estimate of drug-likeness (QED) is 0.407. The highest BCUT2D eigenvalue weighted by Crippen LogP contribution is 2.18. The van der Waals surface area contributed by atoms with Gasteiger partial charge in [-0.25, -0.2) is 26.4 Å². The third-order valence-electron chi connectivity index (χ3n) is 4.83. The number of rotatable bonds is 5. The highest BCUT2D eigenvalue weighted by Gasteiger charge is 2.09. The Morgan fingerprint density at radius 3 is 1.68 bits per heavy atom. The van der Waals surface area contributed by atoms with Crippen molar-refractivity contribution in [3.05, 3.63) is 98.3 Å². The van der Waals surface area contributed by atoms with Crippen LogP contribution >= 0.6 is 23.2 Å². The van der Waals surface area contributed by atoms with Crippen molar-refractivity contribution in [1.29, 1.82) is 0 Å². The van der Waals surface area contributed by atoms with Gasteiger partial charge in [0.2, 0.25) is 10.0 Å². The molecule has 37 heavy (non-hydrogen) atoms. The molecule has 0 saturated carbocycles. The first-order valence-electron chi connectivity index (χ1n) is 10.8. The van der Waals surface area contributed by atoms with E-state index in [1.54, 1.807) is 26.0 Å². The third kappa shape index (κ3) is 12.7. The Morgan fingerprint density at radius 2 is 1.27 bits per heavy atom. The van der Waals surface area contributed by atoms with Gasteiger partial charge in [0.15, 0.2) is 9.84 Å². The molecule has 0 heterocycles. The smallest absolute Gasteiger partial charge is 0.238 e. The van der Waals surface area contributed by atoms with Crippen molar-refractivity contribution >= 4 is 48.8 Å². The SMILES string of the molecule is CC(=O)Cc1ccc(C)c(Cl)c1.Cc1ccc(CS(C)(=O)=O)cc1Cl.Cc1ccc(S(N)(=O)=O)cc1F. The molecule has 3 aromatic carbocycles. The molecule has 0 atom stereocenters. The summed E-state index contributed by atoms with van der Waals surface area (Å²) in [7, 11) is -6.75. The number of hydrogen-bond donors (Lipinski definition) is 1. The minimum atomic E-state index is -3.78. The number of halogens is 3. The standard InChI is InChI=1S/C10H11ClO.C9H11ClO2S.C7H8FNO2S/c1-7-3-4-9(5-8(2)12)6-10(7)11;1-7-3-4-8(5-9(7)10)6-13(2,11)12;1-5-2-3-6(4-7(5)8)12(9,10)11/h3-4,6H,5H2,1-2H3;3-5H,6H2,1-2H3;2-4H,1H3,(H2,9,10,11). The van der Waals surface area contributed by atoms with Crippen LogP contribution in [0.4, 0.5) is 4.39 Å². The van der Waals surface area contributed by atoms with E-state index in [1.165, 1.54) is 18.4 Å². The van der Waals surface area contributed by atoms with E-state index in [0.717, 1.165) is 33.3 Å². The zero-order valence-electron chi connectivity index (χ0n) is 21.2. The molecule has 6 nitrogen and oxygen atoms in total. The second-order valence-electron chi connectivity index (χ2n) is 8.57. The molecule has 0 saturated heterocycles. The van der Waals surface area contributed by atoms with Crippen molar-refractivity contribution in [1.82, 2.24) is 0 Å². The van der Waals surface area contributed by atoms with Crippen molar-refractivity contribution in [3.8, 4) is 0 Å². The highest BCUT2D eigenvalue weighted by atomic mass is 35.5. The van der Waals surface area contributed by atoms with Gasteiger partial charge in [0, 0.05) is 22.7 Å². The summed E-state index contributed by atoms with van der Waals surface area (Å²) in [4.78, 5) is 10.6. The lowest BCUT2D eigenvalue weighted by Crippen LogP contribution is -2.12. The van der Waals surface area contributed by atoms with Gasteiger partial charge in [-0.3, -0.25) is 4.79 Å². The van der Waals surface area contributed by atoms with Crippen molar-refractivity contribution < 1.29 is 26.0 Å². The second-order valence-corrected chi connectivity index (χ2v) is 13.1.